The maximum atomic E-state index is 12.6. The third-order valence-corrected chi connectivity index (χ3v) is 5.04. The van der Waals surface area contributed by atoms with Crippen molar-refractivity contribution in [1.29, 1.82) is 0 Å². The highest BCUT2D eigenvalue weighted by atomic mass is 16.5. The second kappa shape index (κ2) is 6.82. The molecule has 7 nitrogen and oxygen atoms in total. The van der Waals surface area contributed by atoms with Crippen molar-refractivity contribution in [1.82, 2.24) is 4.90 Å². The Morgan fingerprint density at radius 3 is 2.28 bits per heavy atom. The molecule has 0 bridgehead atoms. The minimum absolute atomic E-state index is 0.0573. The highest BCUT2D eigenvalue weighted by Crippen LogP contribution is 2.44. The number of benzene rings is 1. The summed E-state index contributed by atoms with van der Waals surface area (Å²) in [4.78, 5) is 25.3. The van der Waals surface area contributed by atoms with E-state index in [2.05, 4.69) is 0 Å². The van der Waals surface area contributed by atoms with Crippen LogP contribution < -0.4 is 14.2 Å². The number of carbonyl (C=O) groups is 2. The molecule has 136 valence electrons. The van der Waals surface area contributed by atoms with Gasteiger partial charge in [-0.05, 0) is 30.9 Å². The van der Waals surface area contributed by atoms with E-state index in [1.165, 1.54) is 0 Å². The highest BCUT2D eigenvalue weighted by molar-refractivity contribution is 5.89. The molecule has 1 aliphatic heterocycles. The van der Waals surface area contributed by atoms with Crippen LogP contribution in [-0.4, -0.2) is 56.3 Å². The molecular weight excluding hydrogens is 326 g/mol. The third-order valence-electron chi connectivity index (χ3n) is 5.04. The van der Waals surface area contributed by atoms with Crippen molar-refractivity contribution in [2.45, 2.75) is 19.3 Å². The Morgan fingerprint density at radius 2 is 1.72 bits per heavy atom. The summed E-state index contributed by atoms with van der Waals surface area (Å²) in [6, 6.07) is 1.93. The lowest BCUT2D eigenvalue weighted by Gasteiger charge is -2.20. The molecule has 25 heavy (non-hydrogen) atoms. The van der Waals surface area contributed by atoms with Crippen LogP contribution in [0.1, 0.15) is 17.5 Å². The Hall–Kier alpha value is -2.44. The second-order valence-corrected chi connectivity index (χ2v) is 6.40. The first-order valence-corrected chi connectivity index (χ1v) is 8.34. The number of rotatable bonds is 5. The van der Waals surface area contributed by atoms with Gasteiger partial charge in [-0.2, -0.15) is 0 Å². The number of aliphatic carboxylic acids is 1. The molecule has 1 saturated carbocycles. The number of carboxylic acid groups (broad SMARTS) is 1. The van der Waals surface area contributed by atoms with E-state index in [9.17, 15) is 9.59 Å². The van der Waals surface area contributed by atoms with Crippen LogP contribution in [0, 0.1) is 11.8 Å². The SMILES string of the molecule is COc1cc2c(c(OC)c1OC)CCN(C(=O)[C@@H]1C[C@H]1C(=O)O)CC2. The van der Waals surface area contributed by atoms with E-state index in [1.807, 2.05) is 6.07 Å². The molecule has 1 heterocycles. The zero-order valence-corrected chi connectivity index (χ0v) is 14.7. The number of carbonyl (C=O) groups excluding carboxylic acids is 1. The Morgan fingerprint density at radius 1 is 1.04 bits per heavy atom. The molecule has 1 amide bonds. The number of carboxylic acids is 1. The van der Waals surface area contributed by atoms with Crippen LogP contribution in [0.3, 0.4) is 0 Å². The summed E-state index contributed by atoms with van der Waals surface area (Å²) in [5, 5.41) is 9.04. The first-order valence-electron chi connectivity index (χ1n) is 8.34. The van der Waals surface area contributed by atoms with Gasteiger partial charge in [0.25, 0.3) is 0 Å². The van der Waals surface area contributed by atoms with Gasteiger partial charge in [0.05, 0.1) is 33.2 Å². The Labute approximate surface area is 146 Å². The van der Waals surface area contributed by atoms with Crippen molar-refractivity contribution in [3.63, 3.8) is 0 Å². The number of hydrogen-bond acceptors (Lipinski definition) is 5. The minimum Gasteiger partial charge on any atom is -0.493 e. The van der Waals surface area contributed by atoms with Gasteiger partial charge in [0.15, 0.2) is 11.5 Å². The minimum atomic E-state index is -0.882. The predicted molar refractivity (Wildman–Crippen MR) is 89.3 cm³/mol. The molecule has 0 aromatic heterocycles. The van der Waals surface area contributed by atoms with Gasteiger partial charge in [-0.15, -0.1) is 0 Å². The van der Waals surface area contributed by atoms with E-state index >= 15 is 0 Å². The van der Waals surface area contributed by atoms with Gasteiger partial charge in [-0.3, -0.25) is 9.59 Å². The van der Waals surface area contributed by atoms with Gasteiger partial charge >= 0.3 is 5.97 Å². The molecule has 2 aliphatic rings. The Bertz CT molecular complexity index is 701. The standard InChI is InChI=1S/C18H23NO6/c1-23-14-8-10-4-6-19(17(20)12-9-13(12)18(21)22)7-5-11(10)15(24-2)16(14)25-3/h8,12-13H,4-7,9H2,1-3H3,(H,21,22)/t12-,13-/m1/s1. The fraction of sp³-hybridized carbons (Fsp3) is 0.556. The normalized spacial score (nSPS) is 21.8. The molecular formula is C18H23NO6. The predicted octanol–water partition coefficient (Wildman–Crippen LogP) is 1.36. The van der Waals surface area contributed by atoms with E-state index < -0.39 is 11.9 Å². The van der Waals surface area contributed by atoms with Crippen LogP contribution in [-0.2, 0) is 22.4 Å². The first-order chi connectivity index (χ1) is 12.0. The monoisotopic (exact) mass is 349 g/mol. The number of fused-ring (bicyclic) bond motifs is 1. The smallest absolute Gasteiger partial charge is 0.307 e. The summed E-state index contributed by atoms with van der Waals surface area (Å²) in [5.74, 6) is -0.0353. The van der Waals surface area contributed by atoms with Crippen LogP contribution in [0.15, 0.2) is 6.07 Å². The highest BCUT2D eigenvalue weighted by Gasteiger charge is 2.49. The van der Waals surface area contributed by atoms with E-state index in [0.717, 1.165) is 11.1 Å². The van der Waals surface area contributed by atoms with Gasteiger partial charge in [-0.25, -0.2) is 0 Å². The molecule has 0 radical (unpaired) electrons. The summed E-state index contributed by atoms with van der Waals surface area (Å²) in [6.45, 7) is 1.10. The Kier molecular flexibility index (Phi) is 4.74. The van der Waals surface area contributed by atoms with Gasteiger partial charge in [0.2, 0.25) is 11.7 Å². The van der Waals surface area contributed by atoms with Crippen LogP contribution in [0.4, 0.5) is 0 Å². The van der Waals surface area contributed by atoms with Crippen LogP contribution >= 0.6 is 0 Å². The second-order valence-electron chi connectivity index (χ2n) is 6.40. The van der Waals surface area contributed by atoms with Crippen molar-refractivity contribution in [2.24, 2.45) is 11.8 Å². The largest absolute Gasteiger partial charge is 0.493 e. The summed E-state index contributed by atoms with van der Waals surface area (Å²) in [5.41, 5.74) is 2.08. The van der Waals surface area contributed by atoms with Crippen LogP contribution in [0.25, 0.3) is 0 Å². The summed E-state index contributed by atoms with van der Waals surface area (Å²) in [6.07, 6.45) is 1.75. The lowest BCUT2D eigenvalue weighted by atomic mass is 10.0. The van der Waals surface area contributed by atoms with Gasteiger partial charge in [-0.1, -0.05) is 0 Å². The molecule has 1 fully saturated rings. The number of amides is 1. The molecule has 7 heteroatoms. The average Bonchev–Trinajstić information content (AvgIpc) is 3.42. The van der Waals surface area contributed by atoms with Gasteiger partial charge < -0.3 is 24.2 Å². The average molecular weight is 349 g/mol. The molecule has 1 aromatic carbocycles. The van der Waals surface area contributed by atoms with Crippen molar-refractivity contribution >= 4 is 11.9 Å². The third kappa shape index (κ3) is 3.10. The zero-order chi connectivity index (χ0) is 18.1. The lowest BCUT2D eigenvalue weighted by Crippen LogP contribution is -2.35. The summed E-state index contributed by atoms with van der Waals surface area (Å²) in [7, 11) is 4.74. The first kappa shape index (κ1) is 17.4. The van der Waals surface area contributed by atoms with Gasteiger partial charge in [0.1, 0.15) is 0 Å². The quantitative estimate of drug-likeness (QED) is 0.864. The molecule has 0 spiro atoms. The molecule has 3 rings (SSSR count). The molecule has 0 unspecified atom stereocenters. The van der Waals surface area contributed by atoms with E-state index in [-0.39, 0.29) is 11.8 Å². The van der Waals surface area contributed by atoms with E-state index in [4.69, 9.17) is 19.3 Å². The van der Waals surface area contributed by atoms with Crippen molar-refractivity contribution in [3.05, 3.63) is 17.2 Å². The summed E-state index contributed by atoms with van der Waals surface area (Å²) >= 11 is 0. The number of hydrogen-bond donors (Lipinski definition) is 1. The van der Waals surface area contributed by atoms with Crippen molar-refractivity contribution in [2.75, 3.05) is 34.4 Å². The van der Waals surface area contributed by atoms with Crippen LogP contribution in [0.5, 0.6) is 17.2 Å². The number of ether oxygens (including phenoxy) is 3. The zero-order valence-electron chi connectivity index (χ0n) is 14.7. The maximum absolute atomic E-state index is 12.6. The van der Waals surface area contributed by atoms with Gasteiger partial charge in [0, 0.05) is 18.7 Å². The fourth-order valence-electron chi connectivity index (χ4n) is 3.57. The topological polar surface area (TPSA) is 85.3 Å². The van der Waals surface area contributed by atoms with Crippen molar-refractivity contribution in [3.8, 4) is 17.2 Å². The van der Waals surface area contributed by atoms with Crippen LogP contribution in [0.2, 0.25) is 0 Å². The van der Waals surface area contributed by atoms with Crippen molar-refractivity contribution < 1.29 is 28.9 Å². The van der Waals surface area contributed by atoms with E-state index in [1.54, 1.807) is 26.2 Å². The fourth-order valence-corrected chi connectivity index (χ4v) is 3.57. The number of nitrogens with zero attached hydrogens (tertiary/aromatic N) is 1. The molecule has 1 aromatic rings. The molecule has 1 aliphatic carbocycles. The summed E-state index contributed by atoms with van der Waals surface area (Å²) < 4.78 is 16.4. The Balaban J connectivity index is 1.82. The molecule has 1 N–H and O–H groups in total. The number of methoxy groups -OCH3 is 3. The molecule has 0 saturated heterocycles. The lowest BCUT2D eigenvalue weighted by molar-refractivity contribution is -0.142. The maximum Gasteiger partial charge on any atom is 0.307 e. The molecule has 2 atom stereocenters. The van der Waals surface area contributed by atoms with E-state index in [0.29, 0.717) is 49.6 Å².